The van der Waals surface area contributed by atoms with Crippen LogP contribution in [0.1, 0.15) is 33.6 Å². The van der Waals surface area contributed by atoms with E-state index in [0.717, 1.165) is 0 Å². The predicted octanol–water partition coefficient (Wildman–Crippen LogP) is -4.26. The molecule has 0 aromatic carbocycles. The van der Waals surface area contributed by atoms with E-state index in [1.165, 1.54) is 6.92 Å². The molecule has 2 bridgehead atoms. The molecule has 0 aromatic heterocycles. The molecule has 0 amide bonds. The minimum absolute atomic E-state index is 0.168. The molecule has 3 saturated heterocycles. The molecule has 3 aliphatic heterocycles. The second kappa shape index (κ2) is 9.00. The van der Waals surface area contributed by atoms with Crippen LogP contribution < -0.4 is 0 Å². The summed E-state index contributed by atoms with van der Waals surface area (Å²) in [5.41, 5.74) is -7.18. The van der Waals surface area contributed by atoms with Crippen molar-refractivity contribution in [1.29, 1.82) is 0 Å². The maximum Gasteiger partial charge on any atom is 0.338 e. The molecule has 6 rings (SSSR count). The molecule has 0 aromatic rings. The smallest absolute Gasteiger partial charge is 0.338 e. The second-order valence-electron chi connectivity index (χ2n) is 13.2. The summed E-state index contributed by atoms with van der Waals surface area (Å²) in [7, 11) is 0. The Bertz CT molecular complexity index is 1040. The third-order valence-electron chi connectivity index (χ3n) is 11.7. The van der Waals surface area contributed by atoms with Crippen LogP contribution in [0, 0.1) is 28.6 Å². The number of hydrogen-bond acceptors (Lipinski definition) is 14. The van der Waals surface area contributed by atoms with E-state index in [1.807, 2.05) is 6.92 Å². The fraction of sp³-hybridized carbons (Fsp3) is 0.962. The van der Waals surface area contributed by atoms with Crippen LogP contribution in [0.2, 0.25) is 0 Å². The highest BCUT2D eigenvalue weighted by molar-refractivity contribution is 5.79. The number of rotatable bonds is 3. The van der Waals surface area contributed by atoms with Crippen LogP contribution in [0.15, 0.2) is 0 Å². The summed E-state index contributed by atoms with van der Waals surface area (Å²) in [4.78, 5) is 12.8. The molecule has 14 heteroatoms. The summed E-state index contributed by atoms with van der Waals surface area (Å²) < 4.78 is 23.1. The lowest BCUT2D eigenvalue weighted by Crippen LogP contribution is -2.86. The number of aliphatic hydroxyl groups excluding tert-OH is 8. The zero-order valence-electron chi connectivity index (χ0n) is 22.5. The fourth-order valence-electron chi connectivity index (χ4n) is 9.63. The van der Waals surface area contributed by atoms with Crippen molar-refractivity contribution in [2.45, 2.75) is 112 Å². The predicted molar refractivity (Wildman–Crippen MR) is 128 cm³/mol. The van der Waals surface area contributed by atoms with Crippen LogP contribution in [-0.4, -0.2) is 144 Å². The highest BCUT2D eigenvalue weighted by Crippen LogP contribution is 2.74. The topological polar surface area (TPSA) is 236 Å². The van der Waals surface area contributed by atoms with Crippen LogP contribution in [0.5, 0.6) is 0 Å². The molecule has 9 N–H and O–H groups in total. The number of aliphatic hydroxyl groups is 9. The van der Waals surface area contributed by atoms with Gasteiger partial charge in [-0.05, 0) is 31.6 Å². The lowest BCUT2D eigenvalue weighted by atomic mass is 9.35. The van der Waals surface area contributed by atoms with Crippen LogP contribution in [-0.2, 0) is 23.7 Å². The first kappa shape index (κ1) is 29.1. The van der Waals surface area contributed by atoms with E-state index in [2.05, 4.69) is 0 Å². The normalized spacial score (nSPS) is 62.9. The molecule has 3 saturated carbocycles. The molecule has 14 nitrogen and oxygen atoms in total. The monoisotopic (exact) mass is 576 g/mol. The first-order valence-electron chi connectivity index (χ1n) is 13.9. The van der Waals surface area contributed by atoms with Crippen molar-refractivity contribution >= 4 is 5.97 Å². The van der Waals surface area contributed by atoms with Crippen LogP contribution in [0.3, 0.4) is 0 Å². The van der Waals surface area contributed by atoms with Gasteiger partial charge in [-0.25, -0.2) is 4.79 Å². The molecule has 3 aliphatic carbocycles. The molecule has 6 aliphatic rings. The molecule has 18 atom stereocenters. The largest absolute Gasteiger partial charge is 0.460 e. The van der Waals surface area contributed by atoms with Gasteiger partial charge in [-0.2, -0.15) is 0 Å². The van der Waals surface area contributed by atoms with Crippen molar-refractivity contribution in [2.75, 3.05) is 13.2 Å². The SMILES string of the molecule is CC1CC(OC2OC(CO)C(O)C(O)C2O)C(O)C2(C)C1CC1OC(=O)C(O)C3(O)C4(C)OCC13C2C(O)C4O. The van der Waals surface area contributed by atoms with Crippen molar-refractivity contribution in [2.24, 2.45) is 28.6 Å². The molecule has 228 valence electrons. The summed E-state index contributed by atoms with van der Waals surface area (Å²) in [5.74, 6) is -2.88. The number of hydrogen-bond donors (Lipinski definition) is 9. The Kier molecular flexibility index (Phi) is 6.54. The van der Waals surface area contributed by atoms with Crippen molar-refractivity contribution in [1.82, 2.24) is 0 Å². The summed E-state index contributed by atoms with van der Waals surface area (Å²) >= 11 is 0. The van der Waals surface area contributed by atoms with Gasteiger partial charge >= 0.3 is 5.97 Å². The van der Waals surface area contributed by atoms with Gasteiger partial charge in [0.05, 0.1) is 36.9 Å². The zero-order chi connectivity index (χ0) is 29.3. The second-order valence-corrected chi connectivity index (χ2v) is 13.2. The third-order valence-corrected chi connectivity index (χ3v) is 11.7. The third kappa shape index (κ3) is 3.12. The van der Waals surface area contributed by atoms with Crippen LogP contribution in [0.25, 0.3) is 0 Å². The Hall–Kier alpha value is -1.01. The van der Waals surface area contributed by atoms with Gasteiger partial charge in [-0.1, -0.05) is 13.8 Å². The Balaban J connectivity index is 1.41. The van der Waals surface area contributed by atoms with E-state index < -0.39 is 114 Å². The average molecular weight is 577 g/mol. The van der Waals surface area contributed by atoms with Gasteiger partial charge in [0.15, 0.2) is 12.4 Å². The van der Waals surface area contributed by atoms with Crippen molar-refractivity contribution in [3.63, 3.8) is 0 Å². The molecule has 18 unspecified atom stereocenters. The minimum atomic E-state index is -2.36. The molecule has 0 radical (unpaired) electrons. The Labute approximate surface area is 230 Å². The lowest BCUT2D eigenvalue weighted by molar-refractivity contribution is -0.373. The number of carbonyl (C=O) groups excluding carboxylic acids is 1. The van der Waals surface area contributed by atoms with Crippen molar-refractivity contribution < 1.29 is 69.7 Å². The van der Waals surface area contributed by atoms with E-state index >= 15 is 0 Å². The first-order chi connectivity index (χ1) is 18.6. The van der Waals surface area contributed by atoms with Crippen molar-refractivity contribution in [3.8, 4) is 0 Å². The van der Waals surface area contributed by atoms with Gasteiger partial charge in [0.1, 0.15) is 47.8 Å². The first-order valence-corrected chi connectivity index (χ1v) is 13.9. The lowest BCUT2D eigenvalue weighted by Gasteiger charge is -2.71. The number of carbonyl (C=O) groups is 1. The summed E-state index contributed by atoms with van der Waals surface area (Å²) in [6.07, 6.45) is -16.2. The maximum atomic E-state index is 12.8. The van der Waals surface area contributed by atoms with Crippen molar-refractivity contribution in [3.05, 3.63) is 0 Å². The summed E-state index contributed by atoms with van der Waals surface area (Å²) in [5, 5.41) is 98.7. The average Bonchev–Trinajstić information content (AvgIpc) is 3.10. The Morgan fingerprint density at radius 1 is 0.950 bits per heavy atom. The fourth-order valence-corrected chi connectivity index (χ4v) is 9.63. The Morgan fingerprint density at radius 2 is 1.62 bits per heavy atom. The van der Waals surface area contributed by atoms with Gasteiger partial charge in [0, 0.05) is 11.3 Å². The number of esters is 1. The van der Waals surface area contributed by atoms with Gasteiger partial charge in [-0.3, -0.25) is 0 Å². The maximum absolute atomic E-state index is 12.8. The number of fused-ring (bicyclic) bond motifs is 2. The van der Waals surface area contributed by atoms with Crippen LogP contribution >= 0.6 is 0 Å². The van der Waals surface area contributed by atoms with Gasteiger partial charge < -0.3 is 64.9 Å². The van der Waals surface area contributed by atoms with E-state index in [9.17, 15) is 50.8 Å². The van der Waals surface area contributed by atoms with E-state index in [0.29, 0.717) is 0 Å². The highest BCUT2D eigenvalue weighted by Gasteiger charge is 2.88. The summed E-state index contributed by atoms with van der Waals surface area (Å²) in [6, 6.07) is 0. The molecule has 1 spiro atoms. The highest BCUT2D eigenvalue weighted by atomic mass is 16.7. The molecule has 3 heterocycles. The molecular weight excluding hydrogens is 536 g/mol. The zero-order valence-corrected chi connectivity index (χ0v) is 22.5. The minimum Gasteiger partial charge on any atom is -0.460 e. The Morgan fingerprint density at radius 3 is 2.27 bits per heavy atom. The van der Waals surface area contributed by atoms with E-state index in [4.69, 9.17) is 18.9 Å². The number of ether oxygens (including phenoxy) is 4. The molecule has 6 fully saturated rings. The molecular formula is C26H40O14. The van der Waals surface area contributed by atoms with Crippen LogP contribution in [0.4, 0.5) is 0 Å². The van der Waals surface area contributed by atoms with Gasteiger partial charge in [-0.15, -0.1) is 0 Å². The van der Waals surface area contributed by atoms with Gasteiger partial charge in [0.25, 0.3) is 0 Å². The standard InChI is InChI=1S/C26H40O14/c1-8-4-10(38-22-15(30)14(29)13(28)11(6-27)39-22)18(32)23(2)9(8)5-12-25-7-37-24(3,19(33)16(31)17(23)25)26(25,36)20(34)21(35)40-12/h8-20,22,27-34,36H,4-7H2,1-3H3. The van der Waals surface area contributed by atoms with E-state index in [-0.39, 0.29) is 25.4 Å². The quantitative estimate of drug-likeness (QED) is 0.114. The van der Waals surface area contributed by atoms with E-state index in [1.54, 1.807) is 6.92 Å². The molecule has 40 heavy (non-hydrogen) atoms. The van der Waals surface area contributed by atoms with Gasteiger partial charge in [0.2, 0.25) is 0 Å². The summed E-state index contributed by atoms with van der Waals surface area (Å²) in [6.45, 7) is 3.97.